The molecule has 0 spiro atoms. The van der Waals surface area contributed by atoms with Crippen LogP contribution >= 0.6 is 15.9 Å². The highest BCUT2D eigenvalue weighted by Gasteiger charge is 2.17. The van der Waals surface area contributed by atoms with Crippen LogP contribution in [0, 0.1) is 0 Å². The number of carbonyl (C=O) groups is 1. The van der Waals surface area contributed by atoms with Crippen molar-refractivity contribution < 1.29 is 4.79 Å². The van der Waals surface area contributed by atoms with E-state index >= 15 is 0 Å². The van der Waals surface area contributed by atoms with Gasteiger partial charge in [0.15, 0.2) is 0 Å². The van der Waals surface area contributed by atoms with Crippen molar-refractivity contribution >= 4 is 21.8 Å². The van der Waals surface area contributed by atoms with E-state index in [-0.39, 0.29) is 24.0 Å². The van der Waals surface area contributed by atoms with Gasteiger partial charge in [-0.1, -0.05) is 41.4 Å². The molecule has 0 aliphatic carbocycles. The van der Waals surface area contributed by atoms with Gasteiger partial charge in [0.25, 0.3) is 0 Å². The Hall–Kier alpha value is -0.870. The van der Waals surface area contributed by atoms with E-state index in [1.54, 1.807) is 0 Å². The molecule has 3 atom stereocenters. The minimum atomic E-state index is -0.201. The zero-order valence-electron chi connectivity index (χ0n) is 12.7. The number of carbonyl (C=O) groups excluding carboxylic acids is 1. The van der Waals surface area contributed by atoms with E-state index in [0.717, 1.165) is 17.3 Å². The number of amides is 1. The van der Waals surface area contributed by atoms with Gasteiger partial charge in [-0.2, -0.15) is 0 Å². The Bertz CT molecular complexity index is 419. The van der Waals surface area contributed by atoms with Crippen molar-refractivity contribution in [1.82, 2.24) is 10.6 Å². The summed E-state index contributed by atoms with van der Waals surface area (Å²) in [5.74, 6) is 0.0647. The average Bonchev–Trinajstić information content (AvgIpc) is 2.39. The van der Waals surface area contributed by atoms with Crippen LogP contribution in [0.4, 0.5) is 0 Å². The maximum absolute atomic E-state index is 12.1. The fourth-order valence-electron chi connectivity index (χ4n) is 2.17. The molecule has 0 radical (unpaired) electrons. The molecule has 1 amide bonds. The van der Waals surface area contributed by atoms with Crippen molar-refractivity contribution in [3.05, 3.63) is 34.3 Å². The zero-order valence-corrected chi connectivity index (χ0v) is 14.3. The molecule has 112 valence electrons. The second kappa shape index (κ2) is 8.42. The van der Waals surface area contributed by atoms with Gasteiger partial charge in [0.1, 0.15) is 0 Å². The van der Waals surface area contributed by atoms with E-state index in [2.05, 4.69) is 52.5 Å². The lowest BCUT2D eigenvalue weighted by molar-refractivity contribution is -0.123. The summed E-state index contributed by atoms with van der Waals surface area (Å²) >= 11 is 3.43. The molecule has 0 aromatic heterocycles. The monoisotopic (exact) mass is 340 g/mol. The Kier molecular flexibility index (Phi) is 7.24. The first-order valence-corrected chi connectivity index (χ1v) is 8.05. The summed E-state index contributed by atoms with van der Waals surface area (Å²) in [6, 6.07) is 8.33. The summed E-state index contributed by atoms with van der Waals surface area (Å²) < 4.78 is 1.06. The van der Waals surface area contributed by atoms with Crippen LogP contribution in [0.15, 0.2) is 28.7 Å². The van der Waals surface area contributed by atoms with Crippen molar-refractivity contribution in [1.29, 1.82) is 0 Å². The van der Waals surface area contributed by atoms with Crippen molar-refractivity contribution in [3.63, 3.8) is 0 Å². The van der Waals surface area contributed by atoms with E-state index in [4.69, 9.17) is 0 Å². The van der Waals surface area contributed by atoms with Gasteiger partial charge in [-0.25, -0.2) is 0 Å². The molecule has 0 saturated carbocycles. The normalized spacial score (nSPS) is 15.4. The molecule has 0 bridgehead atoms. The van der Waals surface area contributed by atoms with E-state index < -0.39 is 0 Å². The van der Waals surface area contributed by atoms with Crippen LogP contribution < -0.4 is 10.6 Å². The molecule has 1 aromatic carbocycles. The number of benzene rings is 1. The molecule has 0 heterocycles. The topological polar surface area (TPSA) is 41.1 Å². The van der Waals surface area contributed by atoms with Crippen molar-refractivity contribution in [2.24, 2.45) is 0 Å². The van der Waals surface area contributed by atoms with Gasteiger partial charge in [0.05, 0.1) is 6.04 Å². The lowest BCUT2D eigenvalue weighted by Crippen LogP contribution is -2.46. The molecular weight excluding hydrogens is 316 g/mol. The van der Waals surface area contributed by atoms with Gasteiger partial charge in [-0.15, -0.1) is 0 Å². The first-order chi connectivity index (χ1) is 9.43. The zero-order chi connectivity index (χ0) is 15.1. The molecule has 0 saturated heterocycles. The second-order valence-corrected chi connectivity index (χ2v) is 6.28. The van der Waals surface area contributed by atoms with Gasteiger partial charge in [0.2, 0.25) is 5.91 Å². The molecule has 1 aromatic rings. The predicted octanol–water partition coefficient (Wildman–Crippen LogP) is 3.79. The SMILES string of the molecule is CCCC(C)NC(=O)C(C)NC(C)c1ccc(Br)cc1. The van der Waals surface area contributed by atoms with Crippen LogP contribution in [-0.2, 0) is 4.79 Å². The number of nitrogens with one attached hydrogen (secondary N) is 2. The quantitative estimate of drug-likeness (QED) is 0.792. The van der Waals surface area contributed by atoms with E-state index in [0.29, 0.717) is 0 Å². The van der Waals surface area contributed by atoms with Gasteiger partial charge in [-0.3, -0.25) is 10.1 Å². The molecule has 0 fully saturated rings. The third-order valence-corrected chi connectivity index (χ3v) is 3.90. The standard InChI is InChI=1S/C16H25BrN2O/c1-5-6-11(2)18-16(20)13(4)19-12(3)14-7-9-15(17)10-8-14/h7-13,19H,5-6H2,1-4H3,(H,18,20). The van der Waals surface area contributed by atoms with Crippen LogP contribution in [0.5, 0.6) is 0 Å². The number of hydrogen-bond donors (Lipinski definition) is 2. The first kappa shape index (κ1) is 17.2. The maximum Gasteiger partial charge on any atom is 0.237 e. The molecular formula is C16H25BrN2O. The largest absolute Gasteiger partial charge is 0.352 e. The molecule has 20 heavy (non-hydrogen) atoms. The van der Waals surface area contributed by atoms with Crippen LogP contribution in [0.2, 0.25) is 0 Å². The Morgan fingerprint density at radius 1 is 1.20 bits per heavy atom. The number of rotatable bonds is 7. The molecule has 2 N–H and O–H groups in total. The summed E-state index contributed by atoms with van der Waals surface area (Å²) in [4.78, 5) is 12.1. The smallest absolute Gasteiger partial charge is 0.237 e. The number of hydrogen-bond acceptors (Lipinski definition) is 2. The lowest BCUT2D eigenvalue weighted by atomic mass is 10.1. The van der Waals surface area contributed by atoms with Crippen molar-refractivity contribution in [2.45, 2.75) is 58.7 Å². The average molecular weight is 341 g/mol. The van der Waals surface area contributed by atoms with Crippen molar-refractivity contribution in [2.75, 3.05) is 0 Å². The summed E-state index contributed by atoms with van der Waals surface area (Å²) in [6.45, 7) is 8.15. The van der Waals surface area contributed by atoms with Crippen LogP contribution in [0.25, 0.3) is 0 Å². The Morgan fingerprint density at radius 2 is 1.80 bits per heavy atom. The Balaban J connectivity index is 2.50. The van der Waals surface area contributed by atoms with E-state index in [1.165, 1.54) is 5.56 Å². The molecule has 4 heteroatoms. The highest BCUT2D eigenvalue weighted by atomic mass is 79.9. The summed E-state index contributed by atoms with van der Waals surface area (Å²) in [5.41, 5.74) is 1.18. The number of halogens is 1. The minimum absolute atomic E-state index is 0.0647. The molecule has 3 nitrogen and oxygen atoms in total. The third-order valence-electron chi connectivity index (χ3n) is 3.37. The Labute approximate surface area is 130 Å². The van der Waals surface area contributed by atoms with Gasteiger partial charge in [-0.05, 0) is 44.9 Å². The highest BCUT2D eigenvalue weighted by molar-refractivity contribution is 9.10. The molecule has 1 rings (SSSR count). The van der Waals surface area contributed by atoms with Crippen LogP contribution in [0.1, 0.15) is 52.1 Å². The van der Waals surface area contributed by atoms with Crippen LogP contribution in [0.3, 0.4) is 0 Å². The third kappa shape index (κ3) is 5.63. The summed E-state index contributed by atoms with van der Waals surface area (Å²) in [6.07, 6.45) is 2.10. The predicted molar refractivity (Wildman–Crippen MR) is 87.7 cm³/mol. The lowest BCUT2D eigenvalue weighted by Gasteiger charge is -2.22. The minimum Gasteiger partial charge on any atom is -0.352 e. The maximum atomic E-state index is 12.1. The van der Waals surface area contributed by atoms with E-state index in [9.17, 15) is 4.79 Å². The summed E-state index contributed by atoms with van der Waals surface area (Å²) in [5, 5.41) is 6.37. The second-order valence-electron chi connectivity index (χ2n) is 5.36. The fourth-order valence-corrected chi connectivity index (χ4v) is 2.44. The van der Waals surface area contributed by atoms with Crippen LogP contribution in [-0.4, -0.2) is 18.0 Å². The van der Waals surface area contributed by atoms with Gasteiger partial charge < -0.3 is 5.32 Å². The highest BCUT2D eigenvalue weighted by Crippen LogP contribution is 2.16. The summed E-state index contributed by atoms with van der Waals surface area (Å²) in [7, 11) is 0. The first-order valence-electron chi connectivity index (χ1n) is 7.26. The Morgan fingerprint density at radius 3 is 2.35 bits per heavy atom. The van der Waals surface area contributed by atoms with E-state index in [1.807, 2.05) is 26.0 Å². The fraction of sp³-hybridized carbons (Fsp3) is 0.562. The molecule has 0 aliphatic heterocycles. The van der Waals surface area contributed by atoms with Crippen molar-refractivity contribution in [3.8, 4) is 0 Å². The molecule has 0 aliphatic rings. The molecule has 3 unspecified atom stereocenters. The van der Waals surface area contributed by atoms with Gasteiger partial charge in [0, 0.05) is 16.6 Å². The van der Waals surface area contributed by atoms with Gasteiger partial charge >= 0.3 is 0 Å².